The highest BCUT2D eigenvalue weighted by Gasteiger charge is 2.30. The van der Waals surface area contributed by atoms with Gasteiger partial charge in [0.05, 0.1) is 6.10 Å². The van der Waals surface area contributed by atoms with Crippen LogP contribution in [0.25, 0.3) is 0 Å². The van der Waals surface area contributed by atoms with Gasteiger partial charge in [-0.25, -0.2) is 0 Å². The van der Waals surface area contributed by atoms with E-state index < -0.39 is 6.10 Å². The van der Waals surface area contributed by atoms with Gasteiger partial charge in [0.1, 0.15) is 0 Å². The van der Waals surface area contributed by atoms with E-state index in [0.29, 0.717) is 12.0 Å². The summed E-state index contributed by atoms with van der Waals surface area (Å²) in [6, 6.07) is 9.48. The van der Waals surface area contributed by atoms with E-state index in [9.17, 15) is 9.90 Å². The second-order valence-electron chi connectivity index (χ2n) is 4.30. The first-order chi connectivity index (χ1) is 7.70. The van der Waals surface area contributed by atoms with Crippen LogP contribution in [0, 0.1) is 5.92 Å². The van der Waals surface area contributed by atoms with Crippen LogP contribution in [-0.2, 0) is 4.79 Å². The van der Waals surface area contributed by atoms with Crippen LogP contribution in [0.15, 0.2) is 42.5 Å². The molecule has 2 heteroatoms. The summed E-state index contributed by atoms with van der Waals surface area (Å²) >= 11 is 0. The van der Waals surface area contributed by atoms with Crippen molar-refractivity contribution in [2.75, 3.05) is 0 Å². The molecule has 1 fully saturated rings. The van der Waals surface area contributed by atoms with E-state index in [1.165, 1.54) is 0 Å². The highest BCUT2D eigenvalue weighted by Crippen LogP contribution is 2.35. The minimum atomic E-state index is -0.599. The monoisotopic (exact) mass is 216 g/mol. The Kier molecular flexibility index (Phi) is 3.20. The molecule has 2 unspecified atom stereocenters. The number of carbonyl (C=O) groups is 1. The number of Topliss-reactive ketones (excluding diaryl/α,β-unsaturated/α-hetero) is 1. The number of benzene rings is 1. The Morgan fingerprint density at radius 3 is 2.69 bits per heavy atom. The molecule has 1 aliphatic carbocycles. The number of rotatable bonds is 2. The van der Waals surface area contributed by atoms with E-state index in [1.54, 1.807) is 0 Å². The van der Waals surface area contributed by atoms with Crippen molar-refractivity contribution >= 4 is 5.78 Å². The molecule has 1 saturated carbocycles. The molecule has 2 nitrogen and oxygen atoms in total. The van der Waals surface area contributed by atoms with Gasteiger partial charge in [0, 0.05) is 12.3 Å². The fourth-order valence-electron chi connectivity index (χ4n) is 2.26. The summed E-state index contributed by atoms with van der Waals surface area (Å²) in [5, 5.41) is 10.2. The normalized spacial score (nSPS) is 23.2. The number of aliphatic hydroxyl groups is 1. The molecule has 1 aromatic carbocycles. The molecule has 0 aliphatic heterocycles. The standard InChI is InChI=1S/C14H16O2/c1-10-12(8-5-9-13(10)15)14(16)11-6-3-2-4-7-11/h2-4,6-7,12,14,16H,1,5,8-9H2. The van der Waals surface area contributed by atoms with Crippen molar-refractivity contribution < 1.29 is 9.90 Å². The maximum atomic E-state index is 11.5. The lowest BCUT2D eigenvalue weighted by Gasteiger charge is -2.28. The van der Waals surface area contributed by atoms with E-state index in [1.807, 2.05) is 30.3 Å². The third-order valence-corrected chi connectivity index (χ3v) is 3.25. The number of ketones is 1. The summed E-state index contributed by atoms with van der Waals surface area (Å²) in [5.74, 6) is -0.00474. The smallest absolute Gasteiger partial charge is 0.158 e. The Hall–Kier alpha value is -1.41. The molecule has 0 spiro atoms. The molecule has 2 rings (SSSR count). The summed E-state index contributed by atoms with van der Waals surface area (Å²) in [4.78, 5) is 11.5. The first-order valence-corrected chi connectivity index (χ1v) is 5.65. The van der Waals surface area contributed by atoms with Crippen LogP contribution < -0.4 is 0 Å². The summed E-state index contributed by atoms with van der Waals surface area (Å²) in [6.45, 7) is 3.81. The van der Waals surface area contributed by atoms with Crippen molar-refractivity contribution in [3.8, 4) is 0 Å². The average Bonchev–Trinajstić information content (AvgIpc) is 2.33. The van der Waals surface area contributed by atoms with Crippen LogP contribution in [0.1, 0.15) is 30.9 Å². The minimum absolute atomic E-state index is 0.103. The SMILES string of the molecule is C=C1C(=O)CCCC1C(O)c1ccccc1. The fraction of sp³-hybridized carbons (Fsp3) is 0.357. The molecule has 0 aromatic heterocycles. The van der Waals surface area contributed by atoms with Gasteiger partial charge in [-0.3, -0.25) is 4.79 Å². The molecule has 0 bridgehead atoms. The molecule has 0 saturated heterocycles. The average molecular weight is 216 g/mol. The van der Waals surface area contributed by atoms with Gasteiger partial charge in [-0.1, -0.05) is 36.9 Å². The highest BCUT2D eigenvalue weighted by molar-refractivity contribution is 5.96. The predicted octanol–water partition coefficient (Wildman–Crippen LogP) is 2.65. The molecule has 1 N–H and O–H groups in total. The first-order valence-electron chi connectivity index (χ1n) is 5.65. The summed E-state index contributed by atoms with van der Waals surface area (Å²) in [7, 11) is 0. The maximum absolute atomic E-state index is 11.5. The minimum Gasteiger partial charge on any atom is -0.388 e. The third-order valence-electron chi connectivity index (χ3n) is 3.25. The molecular formula is C14H16O2. The van der Waals surface area contributed by atoms with Gasteiger partial charge in [-0.15, -0.1) is 0 Å². The molecular weight excluding hydrogens is 200 g/mol. The van der Waals surface area contributed by atoms with Crippen molar-refractivity contribution in [3.05, 3.63) is 48.0 Å². The number of carbonyl (C=O) groups excluding carboxylic acids is 1. The lowest BCUT2D eigenvalue weighted by Crippen LogP contribution is -2.24. The zero-order valence-electron chi connectivity index (χ0n) is 9.23. The van der Waals surface area contributed by atoms with E-state index in [2.05, 4.69) is 6.58 Å². The lowest BCUT2D eigenvalue weighted by molar-refractivity contribution is -0.117. The van der Waals surface area contributed by atoms with Gasteiger partial charge >= 0.3 is 0 Å². The molecule has 0 radical (unpaired) electrons. The lowest BCUT2D eigenvalue weighted by atomic mass is 9.79. The van der Waals surface area contributed by atoms with Crippen molar-refractivity contribution in [1.82, 2.24) is 0 Å². The summed E-state index contributed by atoms with van der Waals surface area (Å²) in [6.07, 6.45) is 1.68. The molecule has 0 heterocycles. The number of hydrogen-bond acceptors (Lipinski definition) is 2. The van der Waals surface area contributed by atoms with Crippen LogP contribution in [0.4, 0.5) is 0 Å². The van der Waals surface area contributed by atoms with Crippen LogP contribution in [0.2, 0.25) is 0 Å². The van der Waals surface area contributed by atoms with Crippen molar-refractivity contribution in [2.24, 2.45) is 5.92 Å². The predicted molar refractivity (Wildman–Crippen MR) is 62.9 cm³/mol. The Labute approximate surface area is 95.6 Å². The van der Waals surface area contributed by atoms with Gasteiger partial charge in [-0.2, -0.15) is 0 Å². The van der Waals surface area contributed by atoms with Gasteiger partial charge in [0.25, 0.3) is 0 Å². The zero-order chi connectivity index (χ0) is 11.5. The Morgan fingerprint density at radius 1 is 1.31 bits per heavy atom. The Morgan fingerprint density at radius 2 is 2.00 bits per heavy atom. The molecule has 0 amide bonds. The van der Waals surface area contributed by atoms with E-state index in [-0.39, 0.29) is 11.7 Å². The third kappa shape index (κ3) is 2.07. The molecule has 16 heavy (non-hydrogen) atoms. The van der Waals surface area contributed by atoms with E-state index >= 15 is 0 Å². The summed E-state index contributed by atoms with van der Waals surface area (Å²) in [5.41, 5.74) is 1.45. The van der Waals surface area contributed by atoms with Crippen molar-refractivity contribution in [3.63, 3.8) is 0 Å². The van der Waals surface area contributed by atoms with E-state index in [0.717, 1.165) is 18.4 Å². The van der Waals surface area contributed by atoms with Gasteiger partial charge < -0.3 is 5.11 Å². The number of aliphatic hydroxyl groups excluding tert-OH is 1. The van der Waals surface area contributed by atoms with E-state index in [4.69, 9.17) is 0 Å². The highest BCUT2D eigenvalue weighted by atomic mass is 16.3. The second-order valence-corrected chi connectivity index (χ2v) is 4.30. The van der Waals surface area contributed by atoms with Gasteiger partial charge in [-0.05, 0) is 24.0 Å². The molecule has 1 aromatic rings. The maximum Gasteiger partial charge on any atom is 0.158 e. The van der Waals surface area contributed by atoms with Crippen LogP contribution in [-0.4, -0.2) is 10.9 Å². The summed E-state index contributed by atoms with van der Waals surface area (Å²) < 4.78 is 0. The fourth-order valence-corrected chi connectivity index (χ4v) is 2.26. The topological polar surface area (TPSA) is 37.3 Å². The van der Waals surface area contributed by atoms with Gasteiger partial charge in [0.2, 0.25) is 0 Å². The quantitative estimate of drug-likeness (QED) is 0.772. The zero-order valence-corrected chi connectivity index (χ0v) is 9.23. The van der Waals surface area contributed by atoms with Crippen molar-refractivity contribution in [2.45, 2.75) is 25.4 Å². The van der Waals surface area contributed by atoms with Gasteiger partial charge in [0.15, 0.2) is 5.78 Å². The van der Waals surface area contributed by atoms with Crippen LogP contribution >= 0.6 is 0 Å². The van der Waals surface area contributed by atoms with Crippen LogP contribution in [0.3, 0.4) is 0 Å². The first kappa shape index (κ1) is 11.1. The Bertz CT molecular complexity index is 394. The second kappa shape index (κ2) is 4.62. The Balaban J connectivity index is 2.18. The molecule has 2 atom stereocenters. The largest absolute Gasteiger partial charge is 0.388 e. The van der Waals surface area contributed by atoms with Crippen molar-refractivity contribution in [1.29, 1.82) is 0 Å². The molecule has 84 valence electrons. The number of hydrogen-bond donors (Lipinski definition) is 1. The van der Waals surface area contributed by atoms with Crippen LogP contribution in [0.5, 0.6) is 0 Å². The molecule has 1 aliphatic rings.